The molecule has 0 saturated heterocycles. The number of allylic oxidation sites excluding steroid dienone is 12. The van der Waals surface area contributed by atoms with Gasteiger partial charge < -0.3 is 9.47 Å². The second-order valence-corrected chi connectivity index (χ2v) is 35.2. The lowest BCUT2D eigenvalue weighted by Gasteiger charge is -2.25. The van der Waals surface area contributed by atoms with E-state index in [4.69, 9.17) is 9.47 Å². The number of hydrogen-bond donors (Lipinski definition) is 0. The van der Waals surface area contributed by atoms with Crippen molar-refractivity contribution in [2.24, 2.45) is 0 Å². The van der Waals surface area contributed by atoms with Crippen LogP contribution in [0.25, 0.3) is 66.9 Å². The van der Waals surface area contributed by atoms with E-state index in [1.54, 1.807) is 0 Å². The molecule has 0 fully saturated rings. The summed E-state index contributed by atoms with van der Waals surface area (Å²) in [6.45, 7) is 0. The summed E-state index contributed by atoms with van der Waals surface area (Å²) < 4.78 is 13.8. The Hall–Kier alpha value is -19.6. The van der Waals surface area contributed by atoms with E-state index < -0.39 is 10.8 Å². The minimum absolute atomic E-state index is 0.138. The first-order valence-corrected chi connectivity index (χ1v) is 47.2. The predicted octanol–water partition coefficient (Wildman–Crippen LogP) is 28.8. The van der Waals surface area contributed by atoms with E-state index in [-0.39, 0.29) is 17.3 Å². The van der Waals surface area contributed by atoms with Gasteiger partial charge in [0, 0.05) is 111 Å². The summed E-state index contributed by atoms with van der Waals surface area (Å²) in [6, 6.07) is 160. The maximum atomic E-state index is 17.3. The van der Waals surface area contributed by atoms with E-state index in [2.05, 4.69) is 144 Å². The molecule has 0 unspecified atom stereocenters. The van der Waals surface area contributed by atoms with Crippen molar-refractivity contribution >= 4 is 84.2 Å². The van der Waals surface area contributed by atoms with Crippen molar-refractivity contribution in [2.45, 2.75) is 10.8 Å². The molecule has 14 heterocycles. The smallest absolute Gasteiger partial charge is 0.195 e. The quantitative estimate of drug-likeness (QED) is 0.164. The number of ether oxygens (including phenoxy) is 2. The molecule has 35 rings (SSSR count). The monoisotopic (exact) mass is 1800 g/mol. The number of carbonyl (C=O) groups excluding carboxylic acids is 3. The van der Waals surface area contributed by atoms with E-state index in [0.717, 1.165) is 134 Å². The first-order chi connectivity index (χ1) is 70.1. The Morgan fingerprint density at radius 3 is 0.465 bits per heavy atom. The maximum Gasteiger partial charge on any atom is 0.195 e. The van der Waals surface area contributed by atoms with Gasteiger partial charge in [0.1, 0.15) is 33.8 Å². The van der Waals surface area contributed by atoms with Gasteiger partial charge in [0.15, 0.2) is 17.3 Å². The average Bonchev–Trinajstić information content (AvgIpc) is 1.59. The number of Topliss-reactive ketones (excluding diaryl/α,β-unsaturated/α-hetero) is 3. The first-order valence-electron chi connectivity index (χ1n) is 47.2. The Morgan fingerprint density at radius 2 is 0.275 bits per heavy atom. The van der Waals surface area contributed by atoms with E-state index >= 15 is 14.4 Å². The molecule has 0 atom stereocenters. The SMILES string of the molecule is O=C1C(c2ccc(C#Cc3ccccc3)cc2)=C(c2ccccc2)C2=C1c1ccc(cc1)C(C#Cc1ccccc1)(C#Cc1ccccc1)c1ccc(cc1)C1=C(C3=C(C1=O)c1ccc(cc1)C(C#Cc1ccccc1)(C#Cc1ccccc1)c1ccc(cc1)C1=C(C(c4ccccc4)=C(c4ccc(C#Cc5ccccc5)cc4)C1=O)c1ccc(cc1)Oc1ccc3cc1)c1ccc(cc1)Oc1ccc2cc1. The Kier molecular flexibility index (Phi) is 23.1. The molecule has 0 amide bonds. The molecule has 0 N–H and O–H groups in total. The van der Waals surface area contributed by atoms with Crippen molar-refractivity contribution in [3.8, 4) is 94.0 Å². The number of carbonyl (C=O) groups is 3. The lowest BCUT2D eigenvalue weighted by atomic mass is 9.74. The highest BCUT2D eigenvalue weighted by Gasteiger charge is 2.42. The van der Waals surface area contributed by atoms with Crippen molar-refractivity contribution in [3.63, 3.8) is 0 Å². The van der Waals surface area contributed by atoms with Gasteiger partial charge in [0.05, 0.1) is 0 Å². The molecule has 0 spiro atoms. The maximum absolute atomic E-state index is 17.3. The molecule has 0 radical (unpaired) electrons. The lowest BCUT2D eigenvalue weighted by molar-refractivity contribution is -0.109. The summed E-state index contributed by atoms with van der Waals surface area (Å²) in [6.07, 6.45) is 0. The van der Waals surface area contributed by atoms with Crippen LogP contribution in [0.15, 0.2) is 485 Å². The molecule has 18 aromatic carbocycles. The summed E-state index contributed by atoms with van der Waals surface area (Å²) in [5.41, 5.74) is 23.3. The molecule has 0 aromatic heterocycles. The summed E-state index contributed by atoms with van der Waals surface area (Å²) in [5.74, 6) is 44.7. The molecule has 142 heavy (non-hydrogen) atoms. The van der Waals surface area contributed by atoms with Gasteiger partial charge in [-0.2, -0.15) is 0 Å². The van der Waals surface area contributed by atoms with Gasteiger partial charge >= 0.3 is 0 Å². The highest BCUT2D eigenvalue weighted by atomic mass is 16.5. The molecule has 18 aromatic rings. The van der Waals surface area contributed by atoms with Crippen molar-refractivity contribution < 1.29 is 23.9 Å². The van der Waals surface area contributed by atoms with Gasteiger partial charge in [-0.15, -0.1) is 0 Å². The van der Waals surface area contributed by atoms with Crippen LogP contribution < -0.4 is 9.47 Å². The normalized spacial score (nSPS) is 13.8. The summed E-state index contributed by atoms with van der Waals surface area (Å²) >= 11 is 0. The second-order valence-electron chi connectivity index (χ2n) is 35.2. The van der Waals surface area contributed by atoms with Crippen LogP contribution in [0.3, 0.4) is 0 Å². The van der Waals surface area contributed by atoms with Gasteiger partial charge in [-0.05, 0) is 235 Å². The fourth-order valence-electron chi connectivity index (χ4n) is 19.5. The third-order valence-electron chi connectivity index (χ3n) is 26.5. The van der Waals surface area contributed by atoms with Crippen molar-refractivity contribution in [1.82, 2.24) is 0 Å². The zero-order valence-electron chi connectivity index (χ0n) is 76.7. The molecule has 16 bridgehead atoms. The summed E-state index contributed by atoms with van der Waals surface area (Å²) in [4.78, 5) is 50.0. The fraction of sp³-hybridized carbons (Fsp3) is 0.0146. The van der Waals surface area contributed by atoms with Crippen molar-refractivity contribution in [2.75, 3.05) is 0 Å². The molecule has 5 nitrogen and oxygen atoms in total. The van der Waals surface area contributed by atoms with Gasteiger partial charge in [0.2, 0.25) is 0 Å². The van der Waals surface area contributed by atoms with Crippen LogP contribution in [-0.4, -0.2) is 17.3 Å². The van der Waals surface area contributed by atoms with Crippen molar-refractivity contribution in [3.05, 3.63) is 619 Å². The van der Waals surface area contributed by atoms with E-state index in [1.165, 1.54) is 0 Å². The van der Waals surface area contributed by atoms with E-state index in [1.807, 2.05) is 413 Å². The summed E-state index contributed by atoms with van der Waals surface area (Å²) in [7, 11) is 0. The highest BCUT2D eigenvalue weighted by Crippen LogP contribution is 2.56. The Labute approximate surface area is 826 Å². The average molecular weight is 1810 g/mol. The molecule has 5 heteroatoms. The Morgan fingerprint density at radius 1 is 0.134 bits per heavy atom. The standard InChI is InChI=1S/C137H80O5/c138-133-127(107-49-45-99(46-50-107)43-41-93-25-9-1-10-26-93)121(101-37-21-7-22-38-101)123-103-61-77-117(78-62-103)141-119-81-65-105(66-82-119)125-126-106-67-83-120(84-68-106)142-118-79-63-104(64-80-118)124-122(102-39-23-8-24-40-102)128(108-51-47-100(48-52-108)44-42-94-27-11-2-12-28-94)134(139)130(124)110-55-71-114(72-56-110)137(91-87-97-33-17-5-18-34-97,92-88-98-35-19-6-20-36-98)116-75-59-112(60-76-116)132(126)135(140)131(125)111-57-73-115(74-58-111)136(89-85-95-29-13-3-14-30-95,90-86-96-31-15-4-16-32-96)113-69-53-109(54-70-113)129(123)133/h1-40,45-84H. The minimum atomic E-state index is -1.38. The second kappa shape index (κ2) is 37.9. The molecule has 0 saturated carbocycles. The van der Waals surface area contributed by atoms with Crippen LogP contribution in [0.2, 0.25) is 0 Å². The number of ketones is 3. The first kappa shape index (κ1) is 86.5. The third-order valence-corrected chi connectivity index (χ3v) is 26.5. The topological polar surface area (TPSA) is 69.7 Å². The van der Waals surface area contributed by atoms with Crippen LogP contribution >= 0.6 is 0 Å². The lowest BCUT2D eigenvalue weighted by Crippen LogP contribution is -2.24. The van der Waals surface area contributed by atoms with Gasteiger partial charge in [-0.3, -0.25) is 14.4 Å². The minimum Gasteiger partial charge on any atom is -0.457 e. The number of hydrogen-bond acceptors (Lipinski definition) is 5. The molecule has 658 valence electrons. The van der Waals surface area contributed by atoms with Gasteiger partial charge in [0.25, 0.3) is 0 Å². The summed E-state index contributed by atoms with van der Waals surface area (Å²) in [5, 5.41) is 0. The van der Waals surface area contributed by atoms with Crippen LogP contribution in [0, 0.1) is 71.0 Å². The van der Waals surface area contributed by atoms with Gasteiger partial charge in [-0.1, -0.05) is 411 Å². The van der Waals surface area contributed by atoms with E-state index in [9.17, 15) is 0 Å². The van der Waals surface area contributed by atoms with E-state index in [0.29, 0.717) is 89.8 Å². The largest absolute Gasteiger partial charge is 0.457 e. The zero-order chi connectivity index (χ0) is 95.3. The third kappa shape index (κ3) is 16.9. The molecule has 17 aliphatic rings. The Balaban J connectivity index is 0.711. The zero-order valence-corrected chi connectivity index (χ0v) is 76.7. The number of rotatable bonds is 4. The van der Waals surface area contributed by atoms with Crippen LogP contribution in [0.1, 0.15) is 134 Å². The van der Waals surface area contributed by atoms with Gasteiger partial charge in [-0.25, -0.2) is 0 Å². The fourth-order valence-corrected chi connectivity index (χ4v) is 19.5. The van der Waals surface area contributed by atoms with Crippen molar-refractivity contribution in [1.29, 1.82) is 0 Å². The molecule has 14 aliphatic heterocycles. The molecular formula is C137H80O5. The highest BCUT2D eigenvalue weighted by molar-refractivity contribution is 6.61. The van der Waals surface area contributed by atoms with Crippen LogP contribution in [0.5, 0.6) is 23.0 Å². The Bertz CT molecular complexity index is 8060. The molecule has 3 aliphatic carbocycles. The molecular weight excluding hydrogens is 1730 g/mol. The predicted molar refractivity (Wildman–Crippen MR) is 573 cm³/mol. The van der Waals surface area contributed by atoms with Crippen LogP contribution in [0.4, 0.5) is 0 Å². The number of benzene rings is 18. The van der Waals surface area contributed by atoms with Crippen LogP contribution in [-0.2, 0) is 25.2 Å².